The van der Waals surface area contributed by atoms with Crippen molar-refractivity contribution >= 4 is 0 Å². The van der Waals surface area contributed by atoms with E-state index < -0.39 is 0 Å². The highest BCUT2D eigenvalue weighted by atomic mass is 16.5. The van der Waals surface area contributed by atoms with Gasteiger partial charge in [0.15, 0.2) is 0 Å². The number of nitrogens with zero attached hydrogens (tertiary/aromatic N) is 1. The van der Waals surface area contributed by atoms with Crippen molar-refractivity contribution in [2.24, 2.45) is 35.0 Å². The van der Waals surface area contributed by atoms with E-state index >= 15 is 0 Å². The molecule has 242 valence electrons. The molecule has 5 heteroatoms. The largest absolute Gasteiger partial charge is 0.393 e. The molecule has 9 unspecified atom stereocenters. The topological polar surface area (TPSA) is 51.2 Å². The van der Waals surface area contributed by atoms with Gasteiger partial charge in [0.05, 0.1) is 44.2 Å². The third-order valence-corrected chi connectivity index (χ3v) is 13.3. The third kappa shape index (κ3) is 5.68. The third-order valence-electron chi connectivity index (χ3n) is 13.3. The van der Waals surface area contributed by atoms with Crippen LogP contribution in [0.2, 0.25) is 0 Å². The Bertz CT molecular complexity index is 1230. The first-order chi connectivity index (χ1) is 21.3. The van der Waals surface area contributed by atoms with E-state index in [2.05, 4.69) is 62.9 Å². The van der Waals surface area contributed by atoms with E-state index in [1.807, 2.05) is 6.07 Å². The highest BCUT2D eigenvalue weighted by Gasteiger charge is 2.59. The number of aliphatic hydroxyl groups excluding tert-OH is 1. The number of allylic oxidation sites excluding steroid dienone is 2. The number of hydrogen-bond acceptors (Lipinski definition) is 5. The van der Waals surface area contributed by atoms with E-state index in [-0.39, 0.29) is 17.1 Å². The van der Waals surface area contributed by atoms with Gasteiger partial charge < -0.3 is 19.3 Å². The quantitative estimate of drug-likeness (QED) is 0.249. The number of fused-ring (bicyclic) bond motifs is 6. The summed E-state index contributed by atoms with van der Waals surface area (Å²) >= 11 is 0. The Morgan fingerprint density at radius 3 is 2.68 bits per heavy atom. The Kier molecular flexibility index (Phi) is 8.91. The second-order valence-electron chi connectivity index (χ2n) is 15.9. The van der Waals surface area contributed by atoms with E-state index in [1.54, 1.807) is 16.7 Å². The van der Waals surface area contributed by atoms with E-state index in [1.165, 1.54) is 37.7 Å². The molecule has 6 aliphatic rings. The van der Waals surface area contributed by atoms with Gasteiger partial charge in [-0.25, -0.2) is 0 Å². The van der Waals surface area contributed by atoms with Crippen LogP contribution in [0.5, 0.6) is 0 Å². The van der Waals surface area contributed by atoms with Crippen molar-refractivity contribution in [2.45, 2.75) is 116 Å². The molecule has 7 rings (SSSR count). The zero-order valence-corrected chi connectivity index (χ0v) is 27.8. The number of aliphatic hydroxyl groups is 1. The number of piperidine rings is 1. The molecule has 0 radical (unpaired) electrons. The predicted molar refractivity (Wildman–Crippen MR) is 175 cm³/mol. The van der Waals surface area contributed by atoms with Crippen LogP contribution in [0.3, 0.4) is 0 Å². The maximum atomic E-state index is 10.4. The molecule has 2 saturated heterocycles. The predicted octanol–water partition coefficient (Wildman–Crippen LogP) is 7.34. The first kappa shape index (κ1) is 31.1. The molecule has 1 N–H and O–H groups in total. The zero-order valence-electron chi connectivity index (χ0n) is 27.8. The van der Waals surface area contributed by atoms with Gasteiger partial charge in [-0.1, -0.05) is 73.9 Å². The lowest BCUT2D eigenvalue weighted by atomic mass is 9.56. The van der Waals surface area contributed by atoms with E-state index in [9.17, 15) is 5.11 Å². The van der Waals surface area contributed by atoms with Crippen LogP contribution in [-0.4, -0.2) is 66.8 Å². The van der Waals surface area contributed by atoms with Gasteiger partial charge in [-0.3, -0.25) is 4.90 Å². The molecule has 1 aromatic rings. The number of hydrogen-bond donors (Lipinski definition) is 1. The fraction of sp³-hybridized carbons (Fsp3) is 0.744. The van der Waals surface area contributed by atoms with Gasteiger partial charge in [0.25, 0.3) is 0 Å². The highest BCUT2D eigenvalue weighted by molar-refractivity contribution is 5.34. The number of rotatable bonds is 8. The second-order valence-corrected chi connectivity index (χ2v) is 15.9. The molecule has 2 heterocycles. The average molecular weight is 604 g/mol. The first-order valence-corrected chi connectivity index (χ1v) is 17.9. The van der Waals surface area contributed by atoms with Gasteiger partial charge in [-0.2, -0.15) is 0 Å². The Balaban J connectivity index is 0.981. The van der Waals surface area contributed by atoms with Crippen LogP contribution < -0.4 is 0 Å². The molecule has 2 saturated carbocycles. The lowest BCUT2D eigenvalue weighted by Crippen LogP contribution is -2.52. The number of likely N-dealkylation sites (tertiary alicyclic amines) is 1. The molecule has 0 aromatic heterocycles. The van der Waals surface area contributed by atoms with Crippen molar-refractivity contribution in [2.75, 3.05) is 32.9 Å². The maximum Gasteiger partial charge on any atom is 0.0765 e. The average Bonchev–Trinajstić information content (AvgIpc) is 3.47. The number of ether oxygens (including phenoxy) is 3. The number of benzene rings is 1. The minimum atomic E-state index is -0.129. The van der Waals surface area contributed by atoms with Crippen LogP contribution >= 0.6 is 0 Å². The monoisotopic (exact) mass is 603 g/mol. The maximum absolute atomic E-state index is 10.4. The molecule has 5 nitrogen and oxygen atoms in total. The Morgan fingerprint density at radius 2 is 1.84 bits per heavy atom. The van der Waals surface area contributed by atoms with Crippen LogP contribution in [0.4, 0.5) is 0 Å². The summed E-state index contributed by atoms with van der Waals surface area (Å²) in [5.41, 5.74) is 6.47. The van der Waals surface area contributed by atoms with Gasteiger partial charge in [0.1, 0.15) is 0 Å². The van der Waals surface area contributed by atoms with Crippen molar-refractivity contribution in [3.05, 3.63) is 58.7 Å². The van der Waals surface area contributed by atoms with E-state index in [0.717, 1.165) is 57.2 Å². The van der Waals surface area contributed by atoms with Gasteiger partial charge in [-0.05, 0) is 99.4 Å². The van der Waals surface area contributed by atoms with Crippen LogP contribution in [-0.2, 0) is 20.8 Å². The van der Waals surface area contributed by atoms with E-state index in [4.69, 9.17) is 14.2 Å². The fourth-order valence-electron chi connectivity index (χ4n) is 11.0. The van der Waals surface area contributed by atoms with Crippen molar-refractivity contribution in [3.63, 3.8) is 0 Å². The minimum absolute atomic E-state index is 0.0325. The summed E-state index contributed by atoms with van der Waals surface area (Å²) in [6.45, 7) is 14.7. The van der Waals surface area contributed by atoms with Crippen molar-refractivity contribution in [1.29, 1.82) is 0 Å². The summed E-state index contributed by atoms with van der Waals surface area (Å²) in [6.07, 6.45) is 13.0. The standard InChI is InChI=1S/C39H57NO4/c1-26-20-36-37(40(24-26)16-17-42-18-19-43-25-29-8-6-5-7-9-29)28(3)39(44-36)15-13-32-33-11-10-30-21-31(41)12-14-38(30,4)35(33)22-34(32)27(2)23-39/h5-10,26,28,31-33,35-37,41H,11-25H2,1-4H3/t26-,28?,31?,32?,33?,35?,36?,37?,38?,39?/m0/s1. The van der Waals surface area contributed by atoms with Gasteiger partial charge in [-0.15, -0.1) is 0 Å². The zero-order chi connectivity index (χ0) is 30.5. The highest BCUT2D eigenvalue weighted by Crippen LogP contribution is 2.63. The molecule has 10 atom stereocenters. The van der Waals surface area contributed by atoms with Gasteiger partial charge in [0, 0.05) is 25.0 Å². The first-order valence-electron chi connectivity index (χ1n) is 17.9. The Hall–Kier alpha value is -1.50. The van der Waals surface area contributed by atoms with Crippen molar-refractivity contribution in [1.82, 2.24) is 4.90 Å². The van der Waals surface area contributed by atoms with Gasteiger partial charge in [0.2, 0.25) is 0 Å². The molecular weight excluding hydrogens is 546 g/mol. The summed E-state index contributed by atoms with van der Waals surface area (Å²) in [7, 11) is 0. The van der Waals surface area contributed by atoms with Crippen LogP contribution in [0.25, 0.3) is 0 Å². The van der Waals surface area contributed by atoms with Crippen LogP contribution in [0.1, 0.15) is 91.0 Å². The molecule has 2 aliphatic heterocycles. The molecule has 4 aliphatic carbocycles. The van der Waals surface area contributed by atoms with E-state index in [0.29, 0.717) is 49.7 Å². The summed E-state index contributed by atoms with van der Waals surface area (Å²) in [5.74, 6) is 3.41. The summed E-state index contributed by atoms with van der Waals surface area (Å²) < 4.78 is 19.2. The van der Waals surface area contributed by atoms with Crippen molar-refractivity contribution < 1.29 is 19.3 Å². The molecule has 4 fully saturated rings. The fourth-order valence-corrected chi connectivity index (χ4v) is 11.0. The lowest BCUT2D eigenvalue weighted by molar-refractivity contribution is -0.0806. The second kappa shape index (κ2) is 12.6. The lowest BCUT2D eigenvalue weighted by Gasteiger charge is -2.49. The normalized spacial score (nSPS) is 42.0. The van der Waals surface area contributed by atoms with Crippen molar-refractivity contribution in [3.8, 4) is 0 Å². The molecule has 0 bridgehead atoms. The summed E-state index contributed by atoms with van der Waals surface area (Å²) in [4.78, 5) is 2.72. The van der Waals surface area contributed by atoms with Gasteiger partial charge >= 0.3 is 0 Å². The minimum Gasteiger partial charge on any atom is -0.393 e. The molecule has 1 aromatic carbocycles. The SMILES string of the molecule is CC1=C2CC3C(CC=C4CC(O)CCC43C)C2CCC2(C1)OC1C[C@H](C)CN(CCOCCOCc3ccccc3)C1C2C. The Morgan fingerprint density at radius 1 is 1.02 bits per heavy atom. The molecule has 44 heavy (non-hydrogen) atoms. The Labute approximate surface area is 266 Å². The van der Waals surface area contributed by atoms with Crippen LogP contribution in [0.15, 0.2) is 53.1 Å². The summed E-state index contributed by atoms with van der Waals surface area (Å²) in [6, 6.07) is 10.9. The molecule has 1 spiro atoms. The molecule has 0 amide bonds. The van der Waals surface area contributed by atoms with Crippen LogP contribution in [0, 0.1) is 35.0 Å². The molecular formula is C39H57NO4. The smallest absolute Gasteiger partial charge is 0.0765 e. The summed E-state index contributed by atoms with van der Waals surface area (Å²) in [5, 5.41) is 10.4.